The zero-order valence-corrected chi connectivity index (χ0v) is 14.2. The summed E-state index contributed by atoms with van der Waals surface area (Å²) < 4.78 is 39.7. The summed E-state index contributed by atoms with van der Waals surface area (Å²) in [6.45, 7) is 0. The average molecular weight is 361 g/mol. The van der Waals surface area contributed by atoms with Crippen molar-refractivity contribution in [1.29, 1.82) is 0 Å². The molecule has 4 heteroatoms. The zero-order valence-electron chi connectivity index (χ0n) is 14.2. The van der Waals surface area contributed by atoms with E-state index < -0.39 is 17.2 Å². The van der Waals surface area contributed by atoms with Gasteiger partial charge in [0.1, 0.15) is 0 Å². The SMILES string of the molecule is FC(F)(F)c1ccc2c(c1)N=C1c3ccccc3C=C[C@@]12c1ccccc1. The van der Waals surface area contributed by atoms with Crippen LogP contribution >= 0.6 is 0 Å². The molecule has 3 aromatic carbocycles. The molecule has 1 aliphatic heterocycles. The Bertz CT molecular complexity index is 1110. The van der Waals surface area contributed by atoms with Gasteiger partial charge in [0.2, 0.25) is 0 Å². The predicted molar refractivity (Wildman–Crippen MR) is 100 cm³/mol. The van der Waals surface area contributed by atoms with Crippen LogP contribution in [0.2, 0.25) is 0 Å². The van der Waals surface area contributed by atoms with Crippen LogP contribution in [0.1, 0.15) is 27.8 Å². The van der Waals surface area contributed by atoms with Crippen LogP contribution in [0.15, 0.2) is 83.9 Å². The molecule has 1 heterocycles. The molecule has 0 fully saturated rings. The van der Waals surface area contributed by atoms with Gasteiger partial charge in [-0.05, 0) is 28.8 Å². The highest BCUT2D eigenvalue weighted by molar-refractivity contribution is 6.19. The first-order valence-electron chi connectivity index (χ1n) is 8.65. The second-order valence-electron chi connectivity index (χ2n) is 6.78. The number of hydrogen-bond acceptors (Lipinski definition) is 1. The van der Waals surface area contributed by atoms with Crippen molar-refractivity contribution in [3.05, 3.63) is 107 Å². The van der Waals surface area contributed by atoms with Crippen molar-refractivity contribution in [3.63, 3.8) is 0 Å². The minimum Gasteiger partial charge on any atom is -0.251 e. The molecule has 0 unspecified atom stereocenters. The molecule has 1 nitrogen and oxygen atoms in total. The van der Waals surface area contributed by atoms with Gasteiger partial charge in [-0.15, -0.1) is 0 Å². The van der Waals surface area contributed by atoms with Crippen molar-refractivity contribution in [2.45, 2.75) is 11.6 Å². The van der Waals surface area contributed by atoms with Gasteiger partial charge in [-0.25, -0.2) is 0 Å². The van der Waals surface area contributed by atoms with E-state index in [4.69, 9.17) is 4.99 Å². The van der Waals surface area contributed by atoms with E-state index in [-0.39, 0.29) is 0 Å². The van der Waals surface area contributed by atoms with Crippen LogP contribution in [0.5, 0.6) is 0 Å². The van der Waals surface area contributed by atoms with Gasteiger partial charge >= 0.3 is 6.18 Å². The number of allylic oxidation sites excluding steroid dienone is 1. The Morgan fingerprint density at radius 3 is 2.33 bits per heavy atom. The maximum absolute atomic E-state index is 13.2. The van der Waals surface area contributed by atoms with E-state index >= 15 is 0 Å². The molecule has 3 aromatic rings. The van der Waals surface area contributed by atoms with E-state index in [1.807, 2.05) is 60.7 Å². The maximum atomic E-state index is 13.2. The third-order valence-electron chi connectivity index (χ3n) is 5.31. The Balaban J connectivity index is 1.83. The molecular weight excluding hydrogens is 347 g/mol. The largest absolute Gasteiger partial charge is 0.416 e. The number of hydrogen-bond donors (Lipinski definition) is 0. The number of rotatable bonds is 1. The highest BCUT2D eigenvalue weighted by Crippen LogP contribution is 2.51. The van der Waals surface area contributed by atoms with Crippen molar-refractivity contribution in [1.82, 2.24) is 0 Å². The van der Waals surface area contributed by atoms with E-state index in [1.54, 1.807) is 6.07 Å². The summed E-state index contributed by atoms with van der Waals surface area (Å²) in [4.78, 5) is 4.70. The van der Waals surface area contributed by atoms with E-state index in [9.17, 15) is 13.2 Å². The van der Waals surface area contributed by atoms with Gasteiger partial charge in [-0.1, -0.05) is 72.8 Å². The lowest BCUT2D eigenvalue weighted by molar-refractivity contribution is -0.137. The van der Waals surface area contributed by atoms with Gasteiger partial charge < -0.3 is 0 Å². The summed E-state index contributed by atoms with van der Waals surface area (Å²) in [5.74, 6) is 0. The minimum absolute atomic E-state index is 0.380. The molecule has 0 spiro atoms. The second-order valence-corrected chi connectivity index (χ2v) is 6.78. The van der Waals surface area contributed by atoms with Crippen LogP contribution in [-0.2, 0) is 11.6 Å². The Labute approximate surface area is 154 Å². The molecule has 0 radical (unpaired) electrons. The van der Waals surface area contributed by atoms with Crippen molar-refractivity contribution in [2.24, 2.45) is 4.99 Å². The Morgan fingerprint density at radius 2 is 1.56 bits per heavy atom. The summed E-state index contributed by atoms with van der Waals surface area (Å²) in [6.07, 6.45) is -0.298. The summed E-state index contributed by atoms with van der Waals surface area (Å²) in [6, 6.07) is 21.5. The summed E-state index contributed by atoms with van der Waals surface area (Å²) >= 11 is 0. The lowest BCUT2D eigenvalue weighted by Gasteiger charge is -2.33. The van der Waals surface area contributed by atoms with E-state index in [0.717, 1.165) is 40.1 Å². The van der Waals surface area contributed by atoms with Gasteiger partial charge in [0.05, 0.1) is 22.4 Å². The van der Waals surface area contributed by atoms with Gasteiger partial charge in [0, 0.05) is 5.56 Å². The smallest absolute Gasteiger partial charge is 0.251 e. The van der Waals surface area contributed by atoms with Crippen LogP contribution in [0.3, 0.4) is 0 Å². The number of fused-ring (bicyclic) bond motifs is 5. The normalized spacial score (nSPS) is 19.9. The molecule has 0 N–H and O–H groups in total. The molecule has 0 saturated carbocycles. The third kappa shape index (κ3) is 2.23. The number of benzene rings is 3. The van der Waals surface area contributed by atoms with Crippen LogP contribution in [0.25, 0.3) is 6.08 Å². The van der Waals surface area contributed by atoms with Crippen molar-refractivity contribution in [3.8, 4) is 0 Å². The maximum Gasteiger partial charge on any atom is 0.416 e. The van der Waals surface area contributed by atoms with E-state index in [0.29, 0.717) is 5.69 Å². The van der Waals surface area contributed by atoms with Gasteiger partial charge in [-0.3, -0.25) is 4.99 Å². The molecule has 1 aliphatic carbocycles. The molecule has 132 valence electrons. The van der Waals surface area contributed by atoms with Crippen LogP contribution < -0.4 is 0 Å². The lowest BCUT2D eigenvalue weighted by Crippen LogP contribution is -2.35. The first kappa shape index (κ1) is 16.1. The Kier molecular flexibility index (Phi) is 3.23. The fraction of sp³-hybridized carbons (Fsp3) is 0.0870. The second kappa shape index (κ2) is 5.43. The predicted octanol–water partition coefficient (Wildman–Crippen LogP) is 6.15. The minimum atomic E-state index is -4.39. The molecule has 2 aliphatic rings. The summed E-state index contributed by atoms with van der Waals surface area (Å²) in [5.41, 5.74) is 3.56. The standard InChI is InChI=1S/C23H14F3N/c24-23(25,26)17-10-11-19-20(14-17)27-21-18-9-5-4-6-15(18)12-13-22(19,21)16-7-2-1-3-8-16/h1-14H/t22-/m0/s1. The molecule has 27 heavy (non-hydrogen) atoms. The van der Waals surface area contributed by atoms with Crippen molar-refractivity contribution < 1.29 is 13.2 Å². The number of halogens is 3. The van der Waals surface area contributed by atoms with Gasteiger partial charge in [0.15, 0.2) is 0 Å². The quantitative estimate of drug-likeness (QED) is 0.493. The monoisotopic (exact) mass is 361 g/mol. The number of alkyl halides is 3. The third-order valence-corrected chi connectivity index (χ3v) is 5.31. The Morgan fingerprint density at radius 1 is 0.815 bits per heavy atom. The lowest BCUT2D eigenvalue weighted by atomic mass is 9.67. The van der Waals surface area contributed by atoms with Crippen LogP contribution in [0.4, 0.5) is 18.9 Å². The molecular formula is C23H14F3N. The van der Waals surface area contributed by atoms with E-state index in [2.05, 4.69) is 6.08 Å². The topological polar surface area (TPSA) is 12.4 Å². The Hall–Kier alpha value is -3.14. The first-order valence-corrected chi connectivity index (χ1v) is 8.65. The molecule has 0 bridgehead atoms. The molecule has 1 atom stereocenters. The molecule has 0 amide bonds. The number of nitrogens with zero attached hydrogens (tertiary/aromatic N) is 1. The van der Waals surface area contributed by atoms with Gasteiger partial charge in [0.25, 0.3) is 0 Å². The van der Waals surface area contributed by atoms with Gasteiger partial charge in [-0.2, -0.15) is 13.2 Å². The summed E-state index contributed by atoms with van der Waals surface area (Å²) in [7, 11) is 0. The molecule has 5 rings (SSSR count). The van der Waals surface area contributed by atoms with Crippen molar-refractivity contribution >= 4 is 17.5 Å². The van der Waals surface area contributed by atoms with E-state index in [1.165, 1.54) is 0 Å². The highest BCUT2D eigenvalue weighted by atomic mass is 19.4. The summed E-state index contributed by atoms with van der Waals surface area (Å²) in [5, 5.41) is 0. The van der Waals surface area contributed by atoms with Crippen LogP contribution in [-0.4, -0.2) is 5.71 Å². The zero-order chi connectivity index (χ0) is 18.6. The fourth-order valence-electron chi connectivity index (χ4n) is 4.07. The number of aliphatic imine (C=N–C) groups is 1. The first-order chi connectivity index (χ1) is 13.0. The highest BCUT2D eigenvalue weighted by Gasteiger charge is 2.46. The van der Waals surface area contributed by atoms with Crippen molar-refractivity contribution in [2.75, 3.05) is 0 Å². The van der Waals surface area contributed by atoms with Crippen LogP contribution in [0, 0.1) is 0 Å². The molecule has 0 aromatic heterocycles. The molecule has 0 saturated heterocycles. The fourth-order valence-corrected chi connectivity index (χ4v) is 4.07. The average Bonchev–Trinajstić information content (AvgIpc) is 3.03.